The van der Waals surface area contributed by atoms with Crippen LogP contribution in [0.4, 0.5) is 0 Å². The molecule has 1 N–H and O–H groups in total. The molecule has 1 aromatic rings. The summed E-state index contributed by atoms with van der Waals surface area (Å²) >= 11 is 6.21. The smallest absolute Gasteiger partial charge is 0.248 e. The summed E-state index contributed by atoms with van der Waals surface area (Å²) in [5.41, 5.74) is 3.17. The van der Waals surface area contributed by atoms with Gasteiger partial charge in [-0.15, -0.1) is 0 Å². The molecule has 0 saturated carbocycles. The predicted octanol–water partition coefficient (Wildman–Crippen LogP) is 2.62. The maximum absolute atomic E-state index is 12.0. The highest BCUT2D eigenvalue weighted by Crippen LogP contribution is 2.38. The van der Waals surface area contributed by atoms with Crippen molar-refractivity contribution >= 4 is 17.5 Å². The molecule has 1 amide bonds. The van der Waals surface area contributed by atoms with Crippen LogP contribution in [-0.2, 0) is 20.8 Å². The fourth-order valence-electron chi connectivity index (χ4n) is 2.54. The SMILES string of the molecule is O=C(Cc1cc(Cl)c2c(c1)OCCCO2)NOC1CCCCO1. The number of ether oxygens (including phenoxy) is 3. The summed E-state index contributed by atoms with van der Waals surface area (Å²) in [7, 11) is 0. The van der Waals surface area contributed by atoms with Crippen molar-refractivity contribution in [2.75, 3.05) is 19.8 Å². The van der Waals surface area contributed by atoms with Gasteiger partial charge in [-0.3, -0.25) is 4.79 Å². The molecule has 126 valence electrons. The Kier molecular flexibility index (Phi) is 5.59. The van der Waals surface area contributed by atoms with Gasteiger partial charge >= 0.3 is 0 Å². The normalized spacial score (nSPS) is 20.7. The van der Waals surface area contributed by atoms with Crippen LogP contribution in [0.15, 0.2) is 12.1 Å². The van der Waals surface area contributed by atoms with Crippen LogP contribution >= 0.6 is 11.6 Å². The summed E-state index contributed by atoms with van der Waals surface area (Å²) in [4.78, 5) is 17.3. The number of halogens is 1. The van der Waals surface area contributed by atoms with Crippen molar-refractivity contribution < 1.29 is 23.8 Å². The van der Waals surface area contributed by atoms with E-state index in [2.05, 4.69) is 5.48 Å². The third-order valence-corrected chi connectivity index (χ3v) is 3.95. The molecule has 2 aliphatic rings. The summed E-state index contributed by atoms with van der Waals surface area (Å²) in [5, 5.41) is 0.448. The molecule has 1 aromatic carbocycles. The van der Waals surface area contributed by atoms with Gasteiger partial charge in [0.05, 0.1) is 24.7 Å². The average molecular weight is 342 g/mol. The van der Waals surface area contributed by atoms with E-state index in [1.165, 1.54) is 0 Å². The molecule has 1 unspecified atom stereocenters. The van der Waals surface area contributed by atoms with Crippen LogP contribution in [0.2, 0.25) is 5.02 Å². The molecule has 0 aromatic heterocycles. The topological polar surface area (TPSA) is 66.0 Å². The zero-order valence-electron chi connectivity index (χ0n) is 12.8. The molecular formula is C16H20ClNO5. The van der Waals surface area contributed by atoms with Crippen LogP contribution in [0.3, 0.4) is 0 Å². The van der Waals surface area contributed by atoms with Gasteiger partial charge in [-0.2, -0.15) is 0 Å². The number of fused-ring (bicyclic) bond motifs is 1. The molecule has 0 aliphatic carbocycles. The lowest BCUT2D eigenvalue weighted by molar-refractivity contribution is -0.200. The van der Waals surface area contributed by atoms with Gasteiger partial charge in [0.15, 0.2) is 17.8 Å². The van der Waals surface area contributed by atoms with E-state index >= 15 is 0 Å². The molecule has 2 aliphatic heterocycles. The van der Waals surface area contributed by atoms with Crippen molar-refractivity contribution in [2.24, 2.45) is 0 Å². The standard InChI is InChI=1S/C16H20ClNO5/c17-12-8-11(9-13-16(12)22-7-3-6-20-13)10-14(19)18-23-15-4-1-2-5-21-15/h8-9,15H,1-7,10H2,(H,18,19). The predicted molar refractivity (Wildman–Crippen MR) is 83.6 cm³/mol. The number of hydrogen-bond donors (Lipinski definition) is 1. The highest BCUT2D eigenvalue weighted by atomic mass is 35.5. The van der Waals surface area contributed by atoms with E-state index in [-0.39, 0.29) is 18.6 Å². The van der Waals surface area contributed by atoms with Crippen molar-refractivity contribution in [3.05, 3.63) is 22.7 Å². The van der Waals surface area contributed by atoms with E-state index in [4.69, 9.17) is 30.6 Å². The van der Waals surface area contributed by atoms with Crippen LogP contribution in [0.25, 0.3) is 0 Å². The van der Waals surface area contributed by atoms with Gasteiger partial charge in [-0.1, -0.05) is 11.6 Å². The van der Waals surface area contributed by atoms with E-state index in [0.29, 0.717) is 36.3 Å². The Labute approximate surface area is 139 Å². The van der Waals surface area contributed by atoms with E-state index in [0.717, 1.165) is 31.2 Å². The van der Waals surface area contributed by atoms with Crippen LogP contribution in [0.5, 0.6) is 11.5 Å². The quantitative estimate of drug-likeness (QED) is 0.853. The second kappa shape index (κ2) is 7.86. The Morgan fingerprint density at radius 3 is 2.91 bits per heavy atom. The zero-order valence-corrected chi connectivity index (χ0v) is 13.6. The van der Waals surface area contributed by atoms with Crippen molar-refractivity contribution in [1.29, 1.82) is 0 Å². The minimum atomic E-state index is -0.361. The third-order valence-electron chi connectivity index (χ3n) is 3.67. The lowest BCUT2D eigenvalue weighted by Crippen LogP contribution is -2.33. The van der Waals surface area contributed by atoms with Crippen molar-refractivity contribution in [3.63, 3.8) is 0 Å². The third kappa shape index (κ3) is 4.50. The van der Waals surface area contributed by atoms with Crippen LogP contribution < -0.4 is 15.0 Å². The Bertz CT molecular complexity index is 560. The van der Waals surface area contributed by atoms with Gasteiger partial charge in [0.1, 0.15) is 0 Å². The lowest BCUT2D eigenvalue weighted by Gasteiger charge is -2.22. The summed E-state index contributed by atoms with van der Waals surface area (Å²) in [6.45, 7) is 1.81. The Morgan fingerprint density at radius 1 is 1.22 bits per heavy atom. The van der Waals surface area contributed by atoms with E-state index in [1.807, 2.05) is 0 Å². The van der Waals surface area contributed by atoms with Gasteiger partial charge in [0.2, 0.25) is 5.91 Å². The summed E-state index contributed by atoms with van der Waals surface area (Å²) in [6, 6.07) is 3.50. The number of rotatable bonds is 4. The number of carbonyl (C=O) groups is 1. The highest BCUT2D eigenvalue weighted by Gasteiger charge is 2.18. The van der Waals surface area contributed by atoms with Crippen molar-refractivity contribution in [1.82, 2.24) is 5.48 Å². The first-order valence-electron chi connectivity index (χ1n) is 7.86. The highest BCUT2D eigenvalue weighted by molar-refractivity contribution is 6.32. The number of amides is 1. The molecular weight excluding hydrogens is 322 g/mol. The molecule has 0 radical (unpaired) electrons. The van der Waals surface area contributed by atoms with Crippen molar-refractivity contribution in [2.45, 2.75) is 38.4 Å². The van der Waals surface area contributed by atoms with E-state index in [9.17, 15) is 4.79 Å². The molecule has 1 atom stereocenters. The van der Waals surface area contributed by atoms with Gasteiger partial charge in [0, 0.05) is 19.4 Å². The first-order chi connectivity index (χ1) is 11.2. The first-order valence-corrected chi connectivity index (χ1v) is 8.24. The zero-order chi connectivity index (χ0) is 16.1. The van der Waals surface area contributed by atoms with Gasteiger partial charge in [0.25, 0.3) is 0 Å². The number of hydrogen-bond acceptors (Lipinski definition) is 5. The number of carbonyl (C=O) groups excluding carboxylic acids is 1. The second-order valence-corrected chi connectivity index (χ2v) is 5.98. The molecule has 7 heteroatoms. The fourth-order valence-corrected chi connectivity index (χ4v) is 2.83. The number of benzene rings is 1. The fraction of sp³-hybridized carbons (Fsp3) is 0.562. The minimum absolute atomic E-state index is 0.142. The van der Waals surface area contributed by atoms with Gasteiger partial charge < -0.3 is 14.2 Å². The number of hydroxylamine groups is 1. The summed E-state index contributed by atoms with van der Waals surface area (Å²) < 4.78 is 16.6. The first kappa shape index (κ1) is 16.4. The summed E-state index contributed by atoms with van der Waals surface area (Å²) in [6.07, 6.45) is 3.44. The van der Waals surface area contributed by atoms with Crippen LogP contribution in [0.1, 0.15) is 31.2 Å². The Hall–Kier alpha value is -1.50. The average Bonchev–Trinajstić information content (AvgIpc) is 2.80. The van der Waals surface area contributed by atoms with Gasteiger partial charge in [-0.05, 0) is 30.5 Å². The molecule has 2 heterocycles. The largest absolute Gasteiger partial charge is 0.489 e. The molecule has 1 saturated heterocycles. The van der Waals surface area contributed by atoms with E-state index in [1.54, 1.807) is 12.1 Å². The summed E-state index contributed by atoms with van der Waals surface area (Å²) in [5.74, 6) is 0.860. The molecule has 23 heavy (non-hydrogen) atoms. The maximum Gasteiger partial charge on any atom is 0.248 e. The molecule has 0 spiro atoms. The van der Waals surface area contributed by atoms with Crippen molar-refractivity contribution in [3.8, 4) is 11.5 Å². The molecule has 6 nitrogen and oxygen atoms in total. The van der Waals surface area contributed by atoms with Gasteiger partial charge in [-0.25, -0.2) is 10.3 Å². The monoisotopic (exact) mass is 341 g/mol. The lowest BCUT2D eigenvalue weighted by atomic mass is 10.1. The van der Waals surface area contributed by atoms with Crippen LogP contribution in [-0.4, -0.2) is 32.0 Å². The molecule has 0 bridgehead atoms. The molecule has 1 fully saturated rings. The Balaban J connectivity index is 1.57. The van der Waals surface area contributed by atoms with Crippen LogP contribution in [0, 0.1) is 0 Å². The number of nitrogens with one attached hydrogen (secondary N) is 1. The maximum atomic E-state index is 12.0. The Morgan fingerprint density at radius 2 is 2.09 bits per heavy atom. The molecule has 3 rings (SSSR count). The minimum Gasteiger partial charge on any atom is -0.489 e. The second-order valence-electron chi connectivity index (χ2n) is 5.57. The van der Waals surface area contributed by atoms with E-state index < -0.39 is 0 Å².